The number of nitrogens with zero attached hydrogens (tertiary/aromatic N) is 2. The Hall–Kier alpha value is -0.0931. The Labute approximate surface area is 70.5 Å². The van der Waals surface area contributed by atoms with E-state index < -0.39 is 8.24 Å². The van der Waals surface area contributed by atoms with Crippen molar-refractivity contribution in [3.8, 4) is 0 Å². The van der Waals surface area contributed by atoms with E-state index in [1.165, 1.54) is 0 Å². The highest BCUT2D eigenvalue weighted by molar-refractivity contribution is 9.10. The molecule has 0 aliphatic carbocycles. The second-order valence-corrected chi connectivity index (χ2v) is 8.94. The molecular formula is C6H11BrN2Si. The molecule has 1 aromatic heterocycles. The number of rotatable bonds is 1. The van der Waals surface area contributed by atoms with Crippen molar-refractivity contribution in [1.29, 1.82) is 0 Å². The molecule has 1 heterocycles. The number of halogens is 1. The fourth-order valence-corrected chi connectivity index (χ4v) is 2.08. The molecule has 0 amide bonds. The molecule has 0 saturated heterocycles. The van der Waals surface area contributed by atoms with Crippen LogP contribution in [0.4, 0.5) is 0 Å². The normalized spacial score (nSPS) is 12.0. The van der Waals surface area contributed by atoms with Gasteiger partial charge in [-0.3, -0.25) is 0 Å². The molecule has 1 rings (SSSR count). The van der Waals surface area contributed by atoms with Crippen LogP contribution in [0.3, 0.4) is 0 Å². The van der Waals surface area contributed by atoms with Gasteiger partial charge >= 0.3 is 0 Å². The Morgan fingerprint density at radius 2 is 2.10 bits per heavy atom. The zero-order chi connectivity index (χ0) is 7.78. The van der Waals surface area contributed by atoms with E-state index in [0.717, 1.165) is 4.60 Å². The number of hydrogen-bond donors (Lipinski definition) is 0. The molecule has 0 radical (unpaired) electrons. The van der Waals surface area contributed by atoms with Gasteiger partial charge in [0.05, 0.1) is 6.33 Å². The van der Waals surface area contributed by atoms with Crippen LogP contribution in [0.1, 0.15) is 0 Å². The van der Waals surface area contributed by atoms with E-state index in [2.05, 4.69) is 44.8 Å². The molecule has 0 aliphatic rings. The smallest absolute Gasteiger partial charge is 0.154 e. The second kappa shape index (κ2) is 2.51. The molecule has 0 atom stereocenters. The lowest BCUT2D eigenvalue weighted by Gasteiger charge is -2.16. The monoisotopic (exact) mass is 218 g/mol. The Kier molecular flexibility index (Phi) is 2.01. The summed E-state index contributed by atoms with van der Waals surface area (Å²) < 4.78 is 3.13. The van der Waals surface area contributed by atoms with Crippen molar-refractivity contribution < 1.29 is 0 Å². The molecular weight excluding hydrogens is 208 g/mol. The second-order valence-electron chi connectivity index (χ2n) is 3.27. The molecule has 56 valence electrons. The van der Waals surface area contributed by atoms with Crippen LogP contribution >= 0.6 is 15.9 Å². The van der Waals surface area contributed by atoms with Crippen LogP contribution < -0.4 is 0 Å². The molecule has 4 heteroatoms. The van der Waals surface area contributed by atoms with E-state index >= 15 is 0 Å². The Balaban J connectivity index is 2.96. The summed E-state index contributed by atoms with van der Waals surface area (Å²) in [5, 5.41) is 0. The van der Waals surface area contributed by atoms with E-state index in [-0.39, 0.29) is 0 Å². The van der Waals surface area contributed by atoms with Gasteiger partial charge in [-0.2, -0.15) is 0 Å². The van der Waals surface area contributed by atoms with Gasteiger partial charge in [0.15, 0.2) is 8.24 Å². The highest BCUT2D eigenvalue weighted by Gasteiger charge is 2.15. The van der Waals surface area contributed by atoms with Gasteiger partial charge in [0.2, 0.25) is 0 Å². The topological polar surface area (TPSA) is 17.8 Å². The molecule has 2 nitrogen and oxygen atoms in total. The van der Waals surface area contributed by atoms with Crippen molar-refractivity contribution in [1.82, 2.24) is 9.22 Å². The molecule has 10 heavy (non-hydrogen) atoms. The highest BCUT2D eigenvalue weighted by Crippen LogP contribution is 2.10. The molecule has 0 aliphatic heterocycles. The molecule has 0 spiro atoms. The van der Waals surface area contributed by atoms with Crippen molar-refractivity contribution in [2.24, 2.45) is 0 Å². The quantitative estimate of drug-likeness (QED) is 0.663. The summed E-state index contributed by atoms with van der Waals surface area (Å²) in [4.78, 5) is 4.10. The summed E-state index contributed by atoms with van der Waals surface area (Å²) in [6, 6.07) is 0. The standard InChI is InChI=1S/C6H11BrN2Si/c1-10(2,3)9-4-6(7)8-5-9/h4-5H,1-3H3. The molecule has 0 saturated carbocycles. The third-order valence-electron chi connectivity index (χ3n) is 1.33. The zero-order valence-electron chi connectivity index (χ0n) is 6.43. The van der Waals surface area contributed by atoms with E-state index in [4.69, 9.17) is 0 Å². The number of imidazole rings is 1. The van der Waals surface area contributed by atoms with Crippen LogP contribution in [0.25, 0.3) is 0 Å². The Morgan fingerprint density at radius 1 is 1.50 bits per heavy atom. The summed E-state index contributed by atoms with van der Waals surface area (Å²) in [5.74, 6) is 0. The molecule has 0 N–H and O–H groups in total. The third-order valence-corrected chi connectivity index (χ3v) is 3.53. The lowest BCUT2D eigenvalue weighted by atomic mass is 11.0. The van der Waals surface area contributed by atoms with Gasteiger partial charge in [-0.05, 0) is 15.9 Å². The van der Waals surface area contributed by atoms with Gasteiger partial charge in [-0.25, -0.2) is 4.98 Å². The van der Waals surface area contributed by atoms with Crippen LogP contribution in [0, 0.1) is 0 Å². The van der Waals surface area contributed by atoms with Crippen LogP contribution in [0.5, 0.6) is 0 Å². The Bertz CT molecular complexity index is 226. The molecule has 0 aromatic carbocycles. The predicted octanol–water partition coefficient (Wildman–Crippen LogP) is 2.33. The maximum absolute atomic E-state index is 4.10. The van der Waals surface area contributed by atoms with Crippen LogP contribution in [0.15, 0.2) is 17.1 Å². The first kappa shape index (κ1) is 8.01. The maximum atomic E-state index is 4.10. The minimum atomic E-state index is -1.19. The first-order valence-electron chi connectivity index (χ1n) is 3.20. The molecule has 0 fully saturated rings. The van der Waals surface area contributed by atoms with Crippen LogP contribution in [-0.4, -0.2) is 17.5 Å². The molecule has 0 unspecified atom stereocenters. The van der Waals surface area contributed by atoms with Crippen LogP contribution in [-0.2, 0) is 0 Å². The van der Waals surface area contributed by atoms with E-state index in [1.807, 2.05) is 12.5 Å². The van der Waals surface area contributed by atoms with Crippen molar-refractivity contribution in [2.75, 3.05) is 0 Å². The summed E-state index contributed by atoms with van der Waals surface area (Å²) in [5.41, 5.74) is 0. The largest absolute Gasteiger partial charge is 0.364 e. The summed E-state index contributed by atoms with van der Waals surface area (Å²) in [6.07, 6.45) is 3.92. The van der Waals surface area contributed by atoms with Gasteiger partial charge < -0.3 is 4.23 Å². The van der Waals surface area contributed by atoms with Crippen molar-refractivity contribution >= 4 is 24.2 Å². The average molecular weight is 219 g/mol. The SMILES string of the molecule is C[Si](C)(C)n1cnc(Br)c1. The molecule has 0 bridgehead atoms. The Morgan fingerprint density at radius 3 is 2.30 bits per heavy atom. The van der Waals surface area contributed by atoms with Crippen molar-refractivity contribution in [3.63, 3.8) is 0 Å². The number of hydrogen-bond acceptors (Lipinski definition) is 1. The third kappa shape index (κ3) is 1.70. The first-order valence-corrected chi connectivity index (χ1v) is 7.44. The number of aromatic nitrogens is 2. The maximum Gasteiger partial charge on any atom is 0.154 e. The van der Waals surface area contributed by atoms with E-state index in [0.29, 0.717) is 0 Å². The van der Waals surface area contributed by atoms with Gasteiger partial charge in [-0.1, -0.05) is 19.6 Å². The lowest BCUT2D eigenvalue weighted by molar-refractivity contribution is 1.12. The minimum absolute atomic E-state index is 0.926. The summed E-state index contributed by atoms with van der Waals surface area (Å²) >= 11 is 3.31. The summed E-state index contributed by atoms with van der Waals surface area (Å²) in [6.45, 7) is 6.84. The van der Waals surface area contributed by atoms with Crippen molar-refractivity contribution in [2.45, 2.75) is 19.6 Å². The van der Waals surface area contributed by atoms with E-state index in [9.17, 15) is 0 Å². The van der Waals surface area contributed by atoms with Gasteiger partial charge in [0.1, 0.15) is 4.60 Å². The van der Waals surface area contributed by atoms with Gasteiger partial charge in [0.25, 0.3) is 0 Å². The average Bonchev–Trinajstić information content (AvgIpc) is 2.11. The predicted molar refractivity (Wildman–Crippen MR) is 48.7 cm³/mol. The van der Waals surface area contributed by atoms with Gasteiger partial charge in [0, 0.05) is 6.20 Å². The first-order chi connectivity index (χ1) is 4.50. The van der Waals surface area contributed by atoms with Gasteiger partial charge in [-0.15, -0.1) is 0 Å². The fourth-order valence-electron chi connectivity index (χ4n) is 0.666. The summed E-state index contributed by atoms with van der Waals surface area (Å²) in [7, 11) is -1.19. The van der Waals surface area contributed by atoms with E-state index in [1.54, 1.807) is 0 Å². The zero-order valence-corrected chi connectivity index (χ0v) is 9.01. The fraction of sp³-hybridized carbons (Fsp3) is 0.500. The van der Waals surface area contributed by atoms with Crippen molar-refractivity contribution in [3.05, 3.63) is 17.1 Å². The lowest BCUT2D eigenvalue weighted by Crippen LogP contribution is -2.30. The molecule has 1 aromatic rings. The highest BCUT2D eigenvalue weighted by atomic mass is 79.9. The van der Waals surface area contributed by atoms with Crippen LogP contribution in [0.2, 0.25) is 19.6 Å². The minimum Gasteiger partial charge on any atom is -0.364 e.